The van der Waals surface area contributed by atoms with Gasteiger partial charge in [0.2, 0.25) is 0 Å². The Labute approximate surface area is 164 Å². The van der Waals surface area contributed by atoms with Gasteiger partial charge in [-0.2, -0.15) is 5.10 Å². The van der Waals surface area contributed by atoms with Gasteiger partial charge in [-0.1, -0.05) is 0 Å². The first kappa shape index (κ1) is 22.2. The molecule has 0 unspecified atom stereocenters. The van der Waals surface area contributed by atoms with Gasteiger partial charge in [-0.25, -0.2) is 14.5 Å². The van der Waals surface area contributed by atoms with Crippen molar-refractivity contribution in [1.82, 2.24) is 24.6 Å². The highest BCUT2D eigenvalue weighted by molar-refractivity contribution is 7.11. The Balaban J connectivity index is 0.00000156. The summed E-state index contributed by atoms with van der Waals surface area (Å²) in [5.74, 6) is 1.55. The van der Waals surface area contributed by atoms with Crippen LogP contribution in [0.3, 0.4) is 0 Å². The molecule has 1 fully saturated rings. The first-order valence-electron chi connectivity index (χ1n) is 8.38. The Morgan fingerprint density at radius 2 is 1.92 bits per heavy atom. The van der Waals surface area contributed by atoms with Crippen LogP contribution in [0.4, 0.5) is 0 Å². The largest absolute Gasteiger partial charge is 0.346 e. The predicted molar refractivity (Wildman–Crippen MR) is 107 cm³/mol. The summed E-state index contributed by atoms with van der Waals surface area (Å²) in [6, 6.07) is 0. The van der Waals surface area contributed by atoms with Gasteiger partial charge < -0.3 is 5.32 Å². The number of aryl methyl sites for hydroxylation is 2. The van der Waals surface area contributed by atoms with Gasteiger partial charge in [-0.3, -0.25) is 4.57 Å². The highest BCUT2D eigenvalue weighted by atomic mass is 35.5. The van der Waals surface area contributed by atoms with Gasteiger partial charge >= 0.3 is 5.69 Å². The molecule has 6 nitrogen and oxygen atoms in total. The van der Waals surface area contributed by atoms with Gasteiger partial charge in [-0.15, -0.1) is 36.2 Å². The van der Waals surface area contributed by atoms with E-state index in [1.165, 1.54) is 4.88 Å². The zero-order valence-corrected chi connectivity index (χ0v) is 17.4. The minimum atomic E-state index is -0.0121. The lowest BCUT2D eigenvalue weighted by molar-refractivity contribution is 0.362. The van der Waals surface area contributed by atoms with Crippen molar-refractivity contribution in [2.24, 2.45) is 5.92 Å². The first-order valence-corrected chi connectivity index (χ1v) is 9.20. The van der Waals surface area contributed by atoms with Crippen LogP contribution in [0.2, 0.25) is 0 Å². The van der Waals surface area contributed by atoms with Crippen LogP contribution in [0.5, 0.6) is 0 Å². The molecule has 9 heteroatoms. The van der Waals surface area contributed by atoms with Gasteiger partial charge in [0, 0.05) is 17.8 Å². The maximum absolute atomic E-state index is 12.6. The summed E-state index contributed by atoms with van der Waals surface area (Å²) in [6.07, 6.45) is 3.22. The number of halogens is 2. The van der Waals surface area contributed by atoms with Crippen LogP contribution < -0.4 is 11.0 Å². The molecular weight excluding hydrogens is 381 g/mol. The summed E-state index contributed by atoms with van der Waals surface area (Å²) in [4.78, 5) is 18.3. The van der Waals surface area contributed by atoms with Crippen molar-refractivity contribution >= 4 is 36.2 Å². The molecule has 0 atom stereocenters. The second-order valence-electron chi connectivity index (χ2n) is 6.25. The van der Waals surface area contributed by atoms with E-state index >= 15 is 0 Å². The lowest BCUT2D eigenvalue weighted by Crippen LogP contribution is -2.30. The second kappa shape index (κ2) is 9.71. The Bertz CT molecular complexity index is 714. The van der Waals surface area contributed by atoms with Crippen LogP contribution in [0.15, 0.2) is 4.79 Å². The number of nitrogens with one attached hydrogen (secondary N) is 1. The molecule has 0 bridgehead atoms. The number of piperidine rings is 1. The minimum absolute atomic E-state index is 0. The number of hydrogen-bond acceptors (Lipinski definition) is 5. The SMILES string of the molecule is CCn1c(CC2CCNCC2)nn(Cc2nc(C)c(C)s2)c1=O.Cl.Cl. The Hall–Kier alpha value is -0.890. The van der Waals surface area contributed by atoms with E-state index < -0.39 is 0 Å². The highest BCUT2D eigenvalue weighted by Crippen LogP contribution is 2.18. The number of hydrogen-bond donors (Lipinski definition) is 1. The molecule has 2 aromatic rings. The zero-order valence-electron chi connectivity index (χ0n) is 14.9. The maximum Gasteiger partial charge on any atom is 0.346 e. The van der Waals surface area contributed by atoms with E-state index in [-0.39, 0.29) is 30.5 Å². The van der Waals surface area contributed by atoms with Crippen molar-refractivity contribution < 1.29 is 0 Å². The molecule has 0 aromatic carbocycles. The fraction of sp³-hybridized carbons (Fsp3) is 0.688. The topological polar surface area (TPSA) is 64.7 Å². The molecule has 3 rings (SSSR count). The van der Waals surface area contributed by atoms with E-state index in [2.05, 4.69) is 22.3 Å². The number of rotatable bonds is 5. The van der Waals surface area contributed by atoms with Gasteiger partial charge in [-0.05, 0) is 52.6 Å². The lowest BCUT2D eigenvalue weighted by atomic mass is 9.94. The molecule has 1 saturated heterocycles. The van der Waals surface area contributed by atoms with Crippen LogP contribution in [-0.2, 0) is 19.5 Å². The van der Waals surface area contributed by atoms with Crippen LogP contribution in [0, 0.1) is 19.8 Å². The highest BCUT2D eigenvalue weighted by Gasteiger charge is 2.19. The van der Waals surface area contributed by atoms with E-state index in [1.807, 2.05) is 18.4 Å². The number of aromatic nitrogens is 4. The van der Waals surface area contributed by atoms with Crippen LogP contribution in [0.25, 0.3) is 0 Å². The molecule has 142 valence electrons. The average molecular weight is 408 g/mol. The predicted octanol–water partition coefficient (Wildman–Crippen LogP) is 2.57. The molecule has 0 aliphatic carbocycles. The maximum atomic E-state index is 12.6. The van der Waals surface area contributed by atoms with Crippen molar-refractivity contribution in [1.29, 1.82) is 0 Å². The molecule has 0 radical (unpaired) electrons. The first-order chi connectivity index (χ1) is 11.1. The molecule has 1 aliphatic rings. The van der Waals surface area contributed by atoms with Crippen molar-refractivity contribution in [3.63, 3.8) is 0 Å². The third-order valence-corrected chi connectivity index (χ3v) is 5.66. The van der Waals surface area contributed by atoms with Gasteiger partial charge in [0.15, 0.2) is 0 Å². The third-order valence-electron chi connectivity index (χ3n) is 4.60. The van der Waals surface area contributed by atoms with Crippen molar-refractivity contribution in [2.75, 3.05) is 13.1 Å². The fourth-order valence-corrected chi connectivity index (χ4v) is 4.05. The molecule has 1 N–H and O–H groups in total. The number of thiazole rings is 1. The monoisotopic (exact) mass is 407 g/mol. The summed E-state index contributed by atoms with van der Waals surface area (Å²) in [7, 11) is 0. The third kappa shape index (κ3) is 5.06. The minimum Gasteiger partial charge on any atom is -0.317 e. The normalized spacial score (nSPS) is 14.8. The Morgan fingerprint density at radius 3 is 2.48 bits per heavy atom. The molecular formula is C16H27Cl2N5OS. The van der Waals surface area contributed by atoms with E-state index in [9.17, 15) is 4.79 Å². The molecule has 0 saturated carbocycles. The van der Waals surface area contributed by atoms with E-state index in [0.29, 0.717) is 19.0 Å². The summed E-state index contributed by atoms with van der Waals surface area (Å²) in [6.45, 7) is 9.37. The molecule has 0 amide bonds. The van der Waals surface area contributed by atoms with Crippen LogP contribution in [-0.4, -0.2) is 32.4 Å². The zero-order chi connectivity index (χ0) is 16.4. The quantitative estimate of drug-likeness (QED) is 0.826. The number of nitrogens with zero attached hydrogens (tertiary/aromatic N) is 4. The lowest BCUT2D eigenvalue weighted by Gasteiger charge is -2.21. The van der Waals surface area contributed by atoms with Crippen molar-refractivity contribution in [3.8, 4) is 0 Å². The summed E-state index contributed by atoms with van der Waals surface area (Å²) >= 11 is 1.65. The van der Waals surface area contributed by atoms with E-state index in [4.69, 9.17) is 0 Å². The molecule has 25 heavy (non-hydrogen) atoms. The smallest absolute Gasteiger partial charge is 0.317 e. The van der Waals surface area contributed by atoms with Gasteiger partial charge in [0.1, 0.15) is 10.8 Å². The summed E-state index contributed by atoms with van der Waals surface area (Å²) < 4.78 is 3.40. The van der Waals surface area contributed by atoms with Crippen LogP contribution >= 0.6 is 36.2 Å². The summed E-state index contributed by atoms with van der Waals surface area (Å²) in [5.41, 5.74) is 1.03. The second-order valence-corrected chi connectivity index (χ2v) is 7.54. The molecule has 0 spiro atoms. The molecule has 3 heterocycles. The van der Waals surface area contributed by atoms with E-state index in [1.54, 1.807) is 16.0 Å². The van der Waals surface area contributed by atoms with Crippen LogP contribution in [0.1, 0.15) is 41.2 Å². The standard InChI is InChI=1S/C16H25N5OS.2ClH/c1-4-20-14(9-13-5-7-17-8-6-13)19-21(16(20)22)10-15-18-11(2)12(3)23-15;;/h13,17H,4-10H2,1-3H3;2*1H. The van der Waals surface area contributed by atoms with E-state index in [0.717, 1.165) is 48.9 Å². The van der Waals surface area contributed by atoms with Crippen molar-refractivity contribution in [2.45, 2.75) is 53.1 Å². The Morgan fingerprint density at radius 1 is 1.24 bits per heavy atom. The average Bonchev–Trinajstić information content (AvgIpc) is 3.00. The fourth-order valence-electron chi connectivity index (χ4n) is 3.14. The van der Waals surface area contributed by atoms with Crippen molar-refractivity contribution in [3.05, 3.63) is 31.9 Å². The Kier molecular flexibility index (Phi) is 8.60. The van der Waals surface area contributed by atoms with Gasteiger partial charge in [0.05, 0.1) is 12.2 Å². The van der Waals surface area contributed by atoms with Gasteiger partial charge in [0.25, 0.3) is 0 Å². The molecule has 1 aliphatic heterocycles. The summed E-state index contributed by atoms with van der Waals surface area (Å²) in [5, 5.41) is 8.96. The molecule has 2 aromatic heterocycles.